The summed E-state index contributed by atoms with van der Waals surface area (Å²) < 4.78 is 0. The molecule has 1 aromatic rings. The van der Waals surface area contributed by atoms with Crippen molar-refractivity contribution in [3.05, 3.63) is 35.9 Å². The Balaban J connectivity index is 1.86. The molecule has 2 aliphatic rings. The number of benzene rings is 1. The van der Waals surface area contributed by atoms with Gasteiger partial charge in [-0.3, -0.25) is 10.2 Å². The second-order valence-corrected chi connectivity index (χ2v) is 6.47. The van der Waals surface area contributed by atoms with E-state index >= 15 is 0 Å². The summed E-state index contributed by atoms with van der Waals surface area (Å²) in [5.41, 5.74) is 2.07. The summed E-state index contributed by atoms with van der Waals surface area (Å²) in [5.74, 6) is 0. The van der Waals surface area contributed by atoms with Gasteiger partial charge in [-0.15, -0.1) is 0 Å². The van der Waals surface area contributed by atoms with Crippen LogP contribution in [0.4, 0.5) is 0 Å². The Labute approximate surface area is 122 Å². The van der Waals surface area contributed by atoms with Gasteiger partial charge in [0.2, 0.25) is 0 Å². The van der Waals surface area contributed by atoms with Crippen molar-refractivity contribution in [3.63, 3.8) is 0 Å². The van der Waals surface area contributed by atoms with Crippen molar-refractivity contribution in [1.82, 2.24) is 15.5 Å². The molecule has 1 aliphatic heterocycles. The van der Waals surface area contributed by atoms with E-state index in [4.69, 9.17) is 0 Å². The molecule has 20 heavy (non-hydrogen) atoms. The highest BCUT2D eigenvalue weighted by molar-refractivity contribution is 5.26. The Morgan fingerprint density at radius 3 is 2.35 bits per heavy atom. The van der Waals surface area contributed by atoms with E-state index in [1.807, 2.05) is 0 Å². The summed E-state index contributed by atoms with van der Waals surface area (Å²) in [6, 6.07) is 11.1. The average Bonchev–Trinajstić information content (AvgIpc) is 2.97. The molecule has 3 heteroatoms. The van der Waals surface area contributed by atoms with Gasteiger partial charge in [0.05, 0.1) is 0 Å². The first-order chi connectivity index (χ1) is 9.71. The predicted molar refractivity (Wildman–Crippen MR) is 83.6 cm³/mol. The monoisotopic (exact) mass is 273 g/mol. The molecule has 0 unspecified atom stereocenters. The Kier molecular flexibility index (Phi) is 3.85. The van der Waals surface area contributed by atoms with Gasteiger partial charge in [0.25, 0.3) is 0 Å². The van der Waals surface area contributed by atoms with Crippen molar-refractivity contribution in [2.45, 2.75) is 43.7 Å². The van der Waals surface area contributed by atoms with Crippen molar-refractivity contribution < 1.29 is 0 Å². The van der Waals surface area contributed by atoms with E-state index in [2.05, 4.69) is 59.8 Å². The first kappa shape index (κ1) is 14.1. The molecule has 0 amide bonds. The van der Waals surface area contributed by atoms with Crippen LogP contribution in [0.25, 0.3) is 0 Å². The quantitative estimate of drug-likeness (QED) is 0.885. The van der Waals surface area contributed by atoms with Crippen LogP contribution in [0.5, 0.6) is 0 Å². The van der Waals surface area contributed by atoms with Crippen LogP contribution < -0.4 is 10.6 Å². The van der Waals surface area contributed by atoms with Crippen LogP contribution in [0.1, 0.15) is 38.2 Å². The summed E-state index contributed by atoms with van der Waals surface area (Å²) in [4.78, 5) is 2.55. The zero-order valence-electron chi connectivity index (χ0n) is 12.8. The summed E-state index contributed by atoms with van der Waals surface area (Å²) in [7, 11) is 2.28. The molecule has 0 aromatic heterocycles. The van der Waals surface area contributed by atoms with Gasteiger partial charge in [0, 0.05) is 24.3 Å². The lowest BCUT2D eigenvalue weighted by Crippen LogP contribution is -2.54. The lowest BCUT2D eigenvalue weighted by molar-refractivity contribution is 0.0482. The minimum Gasteiger partial charge on any atom is -0.303 e. The zero-order chi connectivity index (χ0) is 14.1. The summed E-state index contributed by atoms with van der Waals surface area (Å²) in [6.07, 6.45) is 5.02. The smallest absolute Gasteiger partial charge is 0.0459 e. The molecule has 3 rings (SSSR count). The van der Waals surface area contributed by atoms with Crippen LogP contribution in [0.2, 0.25) is 0 Å². The lowest BCUT2D eigenvalue weighted by Gasteiger charge is -2.50. The standard InChI is InChI=1S/C17H27N3/c1-3-20(2)17(15-7-5-4-6-8-15)11-9-16(10-12-17)13-18-14-19-16/h4-8,18-19H,3,9-14H2,1-2H3/t16-,17+. The van der Waals surface area contributed by atoms with Crippen molar-refractivity contribution in [1.29, 1.82) is 0 Å². The molecule has 1 spiro atoms. The second-order valence-electron chi connectivity index (χ2n) is 6.47. The van der Waals surface area contributed by atoms with Gasteiger partial charge in [-0.05, 0) is 44.8 Å². The van der Waals surface area contributed by atoms with E-state index in [-0.39, 0.29) is 5.54 Å². The minimum atomic E-state index is 0.228. The molecule has 1 heterocycles. The Hall–Kier alpha value is -0.900. The van der Waals surface area contributed by atoms with Crippen molar-refractivity contribution in [2.24, 2.45) is 0 Å². The number of nitrogens with zero attached hydrogens (tertiary/aromatic N) is 1. The van der Waals surface area contributed by atoms with Gasteiger partial charge in [0.15, 0.2) is 0 Å². The average molecular weight is 273 g/mol. The fourth-order valence-corrected chi connectivity index (χ4v) is 4.05. The molecular weight excluding hydrogens is 246 g/mol. The van der Waals surface area contributed by atoms with Crippen molar-refractivity contribution in [3.8, 4) is 0 Å². The van der Waals surface area contributed by atoms with E-state index in [0.29, 0.717) is 5.54 Å². The van der Waals surface area contributed by atoms with E-state index in [1.165, 1.54) is 31.2 Å². The number of hydrogen-bond acceptors (Lipinski definition) is 3. The predicted octanol–water partition coefficient (Wildman–Crippen LogP) is 2.30. The maximum Gasteiger partial charge on any atom is 0.0459 e. The maximum atomic E-state index is 3.69. The molecule has 1 saturated carbocycles. The molecule has 3 nitrogen and oxygen atoms in total. The van der Waals surface area contributed by atoms with Gasteiger partial charge in [-0.25, -0.2) is 0 Å². The minimum absolute atomic E-state index is 0.228. The number of hydrogen-bond donors (Lipinski definition) is 2. The van der Waals surface area contributed by atoms with E-state index in [1.54, 1.807) is 0 Å². The third-order valence-corrected chi connectivity index (χ3v) is 5.60. The normalized spacial score (nSPS) is 34.0. The molecular formula is C17H27N3. The molecule has 0 radical (unpaired) electrons. The molecule has 2 N–H and O–H groups in total. The Morgan fingerprint density at radius 2 is 1.80 bits per heavy atom. The fraction of sp³-hybridized carbons (Fsp3) is 0.647. The summed E-state index contributed by atoms with van der Waals surface area (Å²) in [5, 5.41) is 7.16. The number of nitrogens with one attached hydrogen (secondary N) is 2. The van der Waals surface area contributed by atoms with E-state index in [0.717, 1.165) is 19.8 Å². The van der Waals surface area contributed by atoms with Crippen LogP contribution in [-0.4, -0.2) is 37.2 Å². The van der Waals surface area contributed by atoms with Crippen LogP contribution in [0.3, 0.4) is 0 Å². The molecule has 2 fully saturated rings. The molecule has 110 valence electrons. The third kappa shape index (κ3) is 2.28. The van der Waals surface area contributed by atoms with Gasteiger partial charge < -0.3 is 5.32 Å². The highest BCUT2D eigenvalue weighted by Crippen LogP contribution is 2.45. The Morgan fingerprint density at radius 1 is 1.10 bits per heavy atom. The van der Waals surface area contributed by atoms with E-state index in [9.17, 15) is 0 Å². The second kappa shape index (κ2) is 5.47. The SMILES string of the molecule is CCN(C)[C@]1(c2ccccc2)CC[C@]2(CC1)CNCN2. The molecule has 1 aromatic carbocycles. The molecule has 1 saturated heterocycles. The largest absolute Gasteiger partial charge is 0.303 e. The summed E-state index contributed by atoms with van der Waals surface area (Å²) in [6.45, 7) is 5.48. The van der Waals surface area contributed by atoms with Crippen molar-refractivity contribution in [2.75, 3.05) is 26.8 Å². The summed E-state index contributed by atoms with van der Waals surface area (Å²) >= 11 is 0. The maximum absolute atomic E-state index is 3.69. The van der Waals surface area contributed by atoms with Gasteiger partial charge in [-0.1, -0.05) is 37.3 Å². The van der Waals surface area contributed by atoms with E-state index < -0.39 is 0 Å². The molecule has 0 bridgehead atoms. The highest BCUT2D eigenvalue weighted by Gasteiger charge is 2.46. The lowest BCUT2D eigenvalue weighted by atomic mass is 9.68. The topological polar surface area (TPSA) is 27.3 Å². The first-order valence-electron chi connectivity index (χ1n) is 7.93. The third-order valence-electron chi connectivity index (χ3n) is 5.60. The van der Waals surface area contributed by atoms with Crippen LogP contribution in [0, 0.1) is 0 Å². The first-order valence-corrected chi connectivity index (χ1v) is 7.93. The molecule has 0 atom stereocenters. The Bertz CT molecular complexity index is 427. The van der Waals surface area contributed by atoms with Crippen LogP contribution >= 0.6 is 0 Å². The van der Waals surface area contributed by atoms with Gasteiger partial charge in [-0.2, -0.15) is 0 Å². The van der Waals surface area contributed by atoms with Crippen molar-refractivity contribution >= 4 is 0 Å². The van der Waals surface area contributed by atoms with Gasteiger partial charge in [0.1, 0.15) is 0 Å². The van der Waals surface area contributed by atoms with Gasteiger partial charge >= 0.3 is 0 Å². The fourth-order valence-electron chi connectivity index (χ4n) is 4.05. The zero-order valence-corrected chi connectivity index (χ0v) is 12.8. The molecule has 1 aliphatic carbocycles. The number of rotatable bonds is 3. The van der Waals surface area contributed by atoms with Crippen LogP contribution in [-0.2, 0) is 5.54 Å². The highest BCUT2D eigenvalue weighted by atomic mass is 15.2. The van der Waals surface area contributed by atoms with Crippen LogP contribution in [0.15, 0.2) is 30.3 Å².